The number of aliphatic hydroxyl groups is 1. The maximum absolute atomic E-state index is 12.1. The van der Waals surface area contributed by atoms with E-state index in [2.05, 4.69) is 0 Å². The molecule has 1 saturated heterocycles. The monoisotopic (exact) mass is 334 g/mol. The molecule has 0 saturated carbocycles. The molecule has 130 valence electrons. The van der Waals surface area contributed by atoms with Crippen molar-refractivity contribution >= 4 is 5.97 Å². The van der Waals surface area contributed by atoms with Crippen molar-refractivity contribution in [2.24, 2.45) is 0 Å². The van der Waals surface area contributed by atoms with Gasteiger partial charge in [0.2, 0.25) is 0 Å². The summed E-state index contributed by atoms with van der Waals surface area (Å²) >= 11 is 0. The van der Waals surface area contributed by atoms with E-state index in [-0.39, 0.29) is 0 Å². The van der Waals surface area contributed by atoms with Crippen LogP contribution in [0.4, 0.5) is 0 Å². The molecule has 1 aromatic rings. The van der Waals surface area contributed by atoms with Crippen LogP contribution in [0.1, 0.15) is 19.4 Å². The second-order valence-corrected chi connectivity index (χ2v) is 6.39. The molecule has 1 N–H and O–H groups in total. The molecular formula is C18H22O6. The summed E-state index contributed by atoms with van der Waals surface area (Å²) in [7, 11) is 1.31. The Morgan fingerprint density at radius 3 is 2.62 bits per heavy atom. The summed E-state index contributed by atoms with van der Waals surface area (Å²) < 4.78 is 22.2. The highest BCUT2D eigenvalue weighted by atomic mass is 16.8. The van der Waals surface area contributed by atoms with Gasteiger partial charge in [0.15, 0.2) is 5.79 Å². The van der Waals surface area contributed by atoms with Crippen LogP contribution in [0.25, 0.3) is 0 Å². The number of aliphatic hydroxyl groups excluding tert-OH is 1. The van der Waals surface area contributed by atoms with Gasteiger partial charge >= 0.3 is 5.97 Å². The van der Waals surface area contributed by atoms with E-state index in [9.17, 15) is 9.90 Å². The zero-order valence-electron chi connectivity index (χ0n) is 14.0. The third-order valence-corrected chi connectivity index (χ3v) is 4.16. The molecule has 0 aromatic heterocycles. The van der Waals surface area contributed by atoms with Gasteiger partial charge in [-0.25, -0.2) is 4.79 Å². The van der Waals surface area contributed by atoms with Crippen molar-refractivity contribution in [3.63, 3.8) is 0 Å². The van der Waals surface area contributed by atoms with E-state index in [1.54, 1.807) is 19.9 Å². The largest absolute Gasteiger partial charge is 0.466 e. The predicted octanol–water partition coefficient (Wildman–Crippen LogP) is 1.57. The summed E-state index contributed by atoms with van der Waals surface area (Å²) in [5, 5.41) is 10.6. The molecular weight excluding hydrogens is 312 g/mol. The van der Waals surface area contributed by atoms with Gasteiger partial charge in [0.1, 0.15) is 24.4 Å². The molecule has 0 radical (unpaired) electrons. The van der Waals surface area contributed by atoms with Crippen LogP contribution in [0, 0.1) is 0 Å². The van der Waals surface area contributed by atoms with Gasteiger partial charge in [0.05, 0.1) is 19.3 Å². The SMILES string of the molecule is COC(=O)C1=CC(OCc2ccccc2)[C@@H](O)C2OC(C)(C)OC12. The van der Waals surface area contributed by atoms with Crippen LogP contribution in [-0.4, -0.2) is 48.4 Å². The van der Waals surface area contributed by atoms with E-state index in [4.69, 9.17) is 18.9 Å². The third kappa shape index (κ3) is 3.37. The fourth-order valence-electron chi connectivity index (χ4n) is 3.05. The molecule has 2 aliphatic rings. The van der Waals surface area contributed by atoms with Crippen molar-refractivity contribution in [3.8, 4) is 0 Å². The molecule has 0 bridgehead atoms. The number of esters is 1. The van der Waals surface area contributed by atoms with Gasteiger partial charge in [-0.05, 0) is 25.5 Å². The second kappa shape index (κ2) is 6.64. The summed E-state index contributed by atoms with van der Waals surface area (Å²) in [4.78, 5) is 12.1. The quantitative estimate of drug-likeness (QED) is 0.843. The topological polar surface area (TPSA) is 74.2 Å². The van der Waals surface area contributed by atoms with Crippen molar-refractivity contribution in [2.45, 2.75) is 50.7 Å². The number of ether oxygens (including phenoxy) is 4. The first-order valence-corrected chi connectivity index (χ1v) is 7.90. The van der Waals surface area contributed by atoms with Crippen LogP contribution in [-0.2, 0) is 30.3 Å². The second-order valence-electron chi connectivity index (χ2n) is 6.39. The zero-order chi connectivity index (χ0) is 17.3. The van der Waals surface area contributed by atoms with E-state index in [1.165, 1.54) is 7.11 Å². The first-order chi connectivity index (χ1) is 11.4. The molecule has 1 heterocycles. The Kier molecular flexibility index (Phi) is 4.73. The molecule has 1 aromatic carbocycles. The number of methoxy groups -OCH3 is 1. The number of rotatable bonds is 4. The van der Waals surface area contributed by atoms with Crippen LogP contribution in [0.5, 0.6) is 0 Å². The van der Waals surface area contributed by atoms with E-state index >= 15 is 0 Å². The lowest BCUT2D eigenvalue weighted by Gasteiger charge is -2.33. The number of hydrogen-bond acceptors (Lipinski definition) is 6. The minimum Gasteiger partial charge on any atom is -0.466 e. The van der Waals surface area contributed by atoms with E-state index in [0.717, 1.165) is 5.56 Å². The van der Waals surface area contributed by atoms with Crippen LogP contribution < -0.4 is 0 Å². The first kappa shape index (κ1) is 17.1. The molecule has 3 unspecified atom stereocenters. The number of hydrogen-bond donors (Lipinski definition) is 1. The van der Waals surface area contributed by atoms with Crippen LogP contribution in [0.15, 0.2) is 42.0 Å². The number of fused-ring (bicyclic) bond motifs is 1. The van der Waals surface area contributed by atoms with E-state index in [0.29, 0.717) is 12.2 Å². The molecule has 0 spiro atoms. The standard InChI is InChI=1S/C18H22O6/c1-18(2)23-15-12(17(20)21-3)9-13(14(19)16(15)24-18)22-10-11-7-5-4-6-8-11/h4-9,13-16,19H,10H2,1-3H3/t13?,14-,15?,16?/m1/s1. The first-order valence-electron chi connectivity index (χ1n) is 7.90. The van der Waals surface area contributed by atoms with Gasteiger partial charge in [0.25, 0.3) is 0 Å². The van der Waals surface area contributed by atoms with Gasteiger partial charge in [-0.3, -0.25) is 0 Å². The van der Waals surface area contributed by atoms with Gasteiger partial charge in [-0.15, -0.1) is 0 Å². The van der Waals surface area contributed by atoms with Crippen molar-refractivity contribution in [3.05, 3.63) is 47.5 Å². The lowest BCUT2D eigenvalue weighted by molar-refractivity contribution is -0.161. The van der Waals surface area contributed by atoms with Crippen molar-refractivity contribution in [1.82, 2.24) is 0 Å². The van der Waals surface area contributed by atoms with Crippen molar-refractivity contribution in [1.29, 1.82) is 0 Å². The van der Waals surface area contributed by atoms with Crippen LogP contribution in [0.2, 0.25) is 0 Å². The molecule has 3 rings (SSSR count). The third-order valence-electron chi connectivity index (χ3n) is 4.16. The van der Waals surface area contributed by atoms with Gasteiger partial charge in [-0.2, -0.15) is 0 Å². The Hall–Kier alpha value is -1.73. The maximum Gasteiger partial charge on any atom is 0.336 e. The Bertz CT molecular complexity index is 624. The molecule has 1 aliphatic carbocycles. The predicted molar refractivity (Wildman–Crippen MR) is 84.9 cm³/mol. The Balaban J connectivity index is 1.81. The molecule has 24 heavy (non-hydrogen) atoms. The fourth-order valence-corrected chi connectivity index (χ4v) is 3.05. The summed E-state index contributed by atoms with van der Waals surface area (Å²) in [6.45, 7) is 3.80. The molecule has 6 nitrogen and oxygen atoms in total. The molecule has 1 aliphatic heterocycles. The van der Waals surface area contributed by atoms with E-state index in [1.807, 2.05) is 30.3 Å². The molecule has 0 amide bonds. The highest BCUT2D eigenvalue weighted by molar-refractivity contribution is 5.90. The number of carbonyl (C=O) groups excluding carboxylic acids is 1. The Morgan fingerprint density at radius 1 is 1.25 bits per heavy atom. The van der Waals surface area contributed by atoms with E-state index < -0.39 is 36.2 Å². The molecule has 6 heteroatoms. The molecule has 1 fully saturated rings. The minimum absolute atomic E-state index is 0.315. The Labute approximate surface area is 141 Å². The fraction of sp³-hybridized carbons (Fsp3) is 0.500. The normalized spacial score (nSPS) is 31.2. The van der Waals surface area contributed by atoms with Gasteiger partial charge < -0.3 is 24.1 Å². The van der Waals surface area contributed by atoms with Gasteiger partial charge in [-0.1, -0.05) is 30.3 Å². The summed E-state index contributed by atoms with van der Waals surface area (Å²) in [6.07, 6.45) is -1.39. The number of carbonyl (C=O) groups is 1. The Morgan fingerprint density at radius 2 is 1.96 bits per heavy atom. The van der Waals surface area contributed by atoms with Crippen molar-refractivity contribution in [2.75, 3.05) is 7.11 Å². The highest BCUT2D eigenvalue weighted by Crippen LogP contribution is 2.38. The summed E-state index contributed by atoms with van der Waals surface area (Å²) in [5.41, 5.74) is 1.29. The van der Waals surface area contributed by atoms with Crippen molar-refractivity contribution < 1.29 is 28.8 Å². The summed E-state index contributed by atoms with van der Waals surface area (Å²) in [6, 6.07) is 9.61. The lowest BCUT2D eigenvalue weighted by Crippen LogP contribution is -2.49. The smallest absolute Gasteiger partial charge is 0.336 e. The summed E-state index contributed by atoms with van der Waals surface area (Å²) in [5.74, 6) is -1.40. The zero-order valence-corrected chi connectivity index (χ0v) is 14.0. The number of benzene rings is 1. The van der Waals surface area contributed by atoms with Crippen LogP contribution >= 0.6 is 0 Å². The maximum atomic E-state index is 12.1. The minimum atomic E-state index is -0.936. The van der Waals surface area contributed by atoms with Gasteiger partial charge in [0, 0.05) is 0 Å². The van der Waals surface area contributed by atoms with Crippen LogP contribution in [0.3, 0.4) is 0 Å². The molecule has 4 atom stereocenters. The average Bonchev–Trinajstić information content (AvgIpc) is 2.90. The highest BCUT2D eigenvalue weighted by Gasteiger charge is 2.52. The average molecular weight is 334 g/mol. The lowest BCUT2D eigenvalue weighted by atomic mass is 9.89.